The lowest BCUT2D eigenvalue weighted by Crippen LogP contribution is -2.35. The number of ether oxygens (including phenoxy) is 1. The van der Waals surface area contributed by atoms with E-state index in [1.807, 2.05) is 6.07 Å². The Kier molecular flexibility index (Phi) is 5.29. The maximum atomic E-state index is 13.0. The smallest absolute Gasteiger partial charge is 0.410 e. The van der Waals surface area contributed by atoms with Gasteiger partial charge >= 0.3 is 6.09 Å². The van der Waals surface area contributed by atoms with Crippen LogP contribution in [0.15, 0.2) is 54.6 Å². The van der Waals surface area contributed by atoms with E-state index in [4.69, 9.17) is 10.5 Å². The van der Waals surface area contributed by atoms with Crippen molar-refractivity contribution in [2.24, 2.45) is 5.73 Å². The minimum atomic E-state index is -0.513. The molecule has 4 nitrogen and oxygen atoms in total. The highest BCUT2D eigenvalue weighted by Crippen LogP contribution is 2.18. The van der Waals surface area contributed by atoms with Gasteiger partial charge in [0.15, 0.2) is 0 Å². The van der Waals surface area contributed by atoms with E-state index in [9.17, 15) is 9.18 Å². The number of benzene rings is 2. The fraction of sp³-hybridized carbons (Fsp3) is 0.188. The zero-order chi connectivity index (χ0) is 15.1. The van der Waals surface area contributed by atoms with Crippen LogP contribution < -0.4 is 15.4 Å². The summed E-state index contributed by atoms with van der Waals surface area (Å²) < 4.78 is 18.3. The van der Waals surface area contributed by atoms with E-state index in [2.05, 4.69) is 0 Å². The van der Waals surface area contributed by atoms with Gasteiger partial charge in [0.2, 0.25) is 0 Å². The number of carbonyl (C=O) groups excluding carboxylic acids is 1. The third kappa shape index (κ3) is 4.29. The largest absolute Gasteiger partial charge is 0.419 e. The summed E-state index contributed by atoms with van der Waals surface area (Å²) >= 11 is 0. The highest BCUT2D eigenvalue weighted by molar-refractivity contribution is 5.89. The van der Waals surface area contributed by atoms with Gasteiger partial charge in [-0.15, -0.1) is 0 Å². The van der Waals surface area contributed by atoms with Crippen molar-refractivity contribution in [1.29, 1.82) is 0 Å². The van der Waals surface area contributed by atoms with E-state index in [1.54, 1.807) is 24.3 Å². The van der Waals surface area contributed by atoms with Gasteiger partial charge in [-0.05, 0) is 49.4 Å². The summed E-state index contributed by atoms with van der Waals surface area (Å²) in [6, 6.07) is 14.5. The molecule has 0 saturated heterocycles. The number of halogens is 1. The lowest BCUT2D eigenvalue weighted by Gasteiger charge is -2.21. The van der Waals surface area contributed by atoms with Crippen molar-refractivity contribution in [3.8, 4) is 5.75 Å². The molecule has 21 heavy (non-hydrogen) atoms. The summed E-state index contributed by atoms with van der Waals surface area (Å²) in [5.74, 6) is 0.108. The molecule has 0 spiro atoms. The van der Waals surface area contributed by atoms with E-state index in [1.165, 1.54) is 29.2 Å². The number of anilines is 1. The predicted molar refractivity (Wildman–Crippen MR) is 79.9 cm³/mol. The molecule has 0 radical (unpaired) electrons. The van der Waals surface area contributed by atoms with Gasteiger partial charge < -0.3 is 10.5 Å². The average molecular weight is 288 g/mol. The molecule has 0 atom stereocenters. The molecule has 2 rings (SSSR count). The Morgan fingerprint density at radius 1 is 1.10 bits per heavy atom. The molecular weight excluding hydrogens is 271 g/mol. The van der Waals surface area contributed by atoms with E-state index >= 15 is 0 Å². The molecule has 5 heteroatoms. The van der Waals surface area contributed by atoms with E-state index < -0.39 is 6.09 Å². The van der Waals surface area contributed by atoms with Crippen LogP contribution in [0.25, 0.3) is 0 Å². The number of nitrogens with zero attached hydrogens (tertiary/aromatic N) is 1. The molecule has 0 aromatic heterocycles. The molecule has 1 amide bonds. The van der Waals surface area contributed by atoms with Crippen molar-refractivity contribution in [2.45, 2.75) is 6.42 Å². The van der Waals surface area contributed by atoms with Crippen LogP contribution in [0.2, 0.25) is 0 Å². The second kappa shape index (κ2) is 7.40. The molecule has 0 bridgehead atoms. The Morgan fingerprint density at radius 3 is 2.38 bits per heavy atom. The topological polar surface area (TPSA) is 55.6 Å². The Hall–Kier alpha value is -2.40. The quantitative estimate of drug-likeness (QED) is 0.919. The Balaban J connectivity index is 2.15. The van der Waals surface area contributed by atoms with Crippen LogP contribution in [0, 0.1) is 5.82 Å². The van der Waals surface area contributed by atoms with Gasteiger partial charge in [0, 0.05) is 12.2 Å². The van der Waals surface area contributed by atoms with E-state index in [-0.39, 0.29) is 5.82 Å². The van der Waals surface area contributed by atoms with Crippen molar-refractivity contribution in [2.75, 3.05) is 18.0 Å². The standard InChI is InChI=1S/C16H17FN2O2/c17-13-7-9-14(10-8-13)19(12-4-11-18)16(20)21-15-5-2-1-3-6-15/h1-3,5-10H,4,11-12,18H2. The van der Waals surface area contributed by atoms with Gasteiger partial charge in [-0.2, -0.15) is 0 Å². The molecular formula is C16H17FN2O2. The number of amides is 1. The number of para-hydroxylation sites is 1. The predicted octanol–water partition coefficient (Wildman–Crippen LogP) is 3.18. The van der Waals surface area contributed by atoms with Gasteiger partial charge in [-0.25, -0.2) is 9.18 Å². The highest BCUT2D eigenvalue weighted by atomic mass is 19.1. The first kappa shape index (κ1) is 15.0. The molecule has 0 saturated carbocycles. The van der Waals surface area contributed by atoms with Gasteiger partial charge in [-0.3, -0.25) is 4.90 Å². The first-order valence-electron chi connectivity index (χ1n) is 6.71. The van der Waals surface area contributed by atoms with Crippen LogP contribution in [0.1, 0.15) is 6.42 Å². The first-order chi connectivity index (χ1) is 10.2. The maximum Gasteiger partial charge on any atom is 0.419 e. The molecule has 0 aliphatic rings. The minimum Gasteiger partial charge on any atom is -0.410 e. The van der Waals surface area contributed by atoms with Crippen LogP contribution in [-0.2, 0) is 0 Å². The van der Waals surface area contributed by atoms with Gasteiger partial charge in [-0.1, -0.05) is 18.2 Å². The molecule has 2 aromatic carbocycles. The van der Waals surface area contributed by atoms with Crippen LogP contribution in [-0.4, -0.2) is 19.2 Å². The SMILES string of the molecule is NCCCN(C(=O)Oc1ccccc1)c1ccc(F)cc1. The van der Waals surface area contributed by atoms with Crippen LogP contribution in [0.4, 0.5) is 14.9 Å². The first-order valence-corrected chi connectivity index (χ1v) is 6.71. The van der Waals surface area contributed by atoms with Crippen molar-refractivity contribution < 1.29 is 13.9 Å². The lowest BCUT2D eigenvalue weighted by molar-refractivity contribution is 0.207. The lowest BCUT2D eigenvalue weighted by atomic mass is 10.2. The zero-order valence-electron chi connectivity index (χ0n) is 11.5. The molecule has 0 heterocycles. The molecule has 2 N–H and O–H groups in total. The second-order valence-electron chi connectivity index (χ2n) is 4.45. The molecule has 0 aliphatic heterocycles. The molecule has 0 aliphatic carbocycles. The number of nitrogens with two attached hydrogens (primary N) is 1. The van der Waals surface area contributed by atoms with Gasteiger partial charge in [0.25, 0.3) is 0 Å². The maximum absolute atomic E-state index is 13.0. The summed E-state index contributed by atoms with van der Waals surface area (Å²) in [7, 11) is 0. The normalized spacial score (nSPS) is 10.2. The Morgan fingerprint density at radius 2 is 1.76 bits per heavy atom. The molecule has 2 aromatic rings. The average Bonchev–Trinajstić information content (AvgIpc) is 2.50. The van der Waals surface area contributed by atoms with Crippen molar-refractivity contribution in [1.82, 2.24) is 0 Å². The number of carbonyl (C=O) groups is 1. The van der Waals surface area contributed by atoms with Crippen molar-refractivity contribution in [3.63, 3.8) is 0 Å². The number of rotatable bonds is 5. The summed E-state index contributed by atoms with van der Waals surface area (Å²) in [6.45, 7) is 0.865. The van der Waals surface area contributed by atoms with Crippen molar-refractivity contribution >= 4 is 11.8 Å². The van der Waals surface area contributed by atoms with E-state index in [0.717, 1.165) is 0 Å². The van der Waals surface area contributed by atoms with Gasteiger partial charge in [0.05, 0.1) is 0 Å². The zero-order valence-corrected chi connectivity index (χ0v) is 11.5. The Labute approximate surface area is 122 Å². The fourth-order valence-corrected chi connectivity index (χ4v) is 1.84. The second-order valence-corrected chi connectivity index (χ2v) is 4.45. The summed E-state index contributed by atoms with van der Waals surface area (Å²) in [5.41, 5.74) is 6.07. The summed E-state index contributed by atoms with van der Waals surface area (Å²) in [4.78, 5) is 13.7. The van der Waals surface area contributed by atoms with Gasteiger partial charge in [0.1, 0.15) is 11.6 Å². The van der Waals surface area contributed by atoms with Crippen LogP contribution >= 0.6 is 0 Å². The number of hydrogen-bond donors (Lipinski definition) is 1. The summed E-state index contributed by atoms with van der Waals surface area (Å²) in [6.07, 6.45) is 0.114. The fourth-order valence-electron chi connectivity index (χ4n) is 1.84. The monoisotopic (exact) mass is 288 g/mol. The number of hydrogen-bond acceptors (Lipinski definition) is 3. The van der Waals surface area contributed by atoms with Crippen LogP contribution in [0.5, 0.6) is 5.75 Å². The third-order valence-corrected chi connectivity index (χ3v) is 2.89. The minimum absolute atomic E-state index is 0.353. The van der Waals surface area contributed by atoms with E-state index in [0.29, 0.717) is 30.9 Å². The van der Waals surface area contributed by atoms with Crippen LogP contribution in [0.3, 0.4) is 0 Å². The highest BCUT2D eigenvalue weighted by Gasteiger charge is 2.17. The van der Waals surface area contributed by atoms with Crippen molar-refractivity contribution in [3.05, 3.63) is 60.4 Å². The third-order valence-electron chi connectivity index (χ3n) is 2.89. The molecule has 0 unspecified atom stereocenters. The molecule has 110 valence electrons. The summed E-state index contributed by atoms with van der Waals surface area (Å²) in [5, 5.41) is 0. The Bertz CT molecular complexity index is 573. The molecule has 0 fully saturated rings.